The molecule has 1 aliphatic rings. The van der Waals surface area contributed by atoms with Crippen LogP contribution in [0.3, 0.4) is 0 Å². The van der Waals surface area contributed by atoms with Crippen LogP contribution in [0.2, 0.25) is 0 Å². The number of nitrogens with zero attached hydrogens (tertiary/aromatic N) is 3. The zero-order valence-electron chi connectivity index (χ0n) is 11.5. The second kappa shape index (κ2) is 5.88. The molecule has 2 aromatic heterocycles. The van der Waals surface area contributed by atoms with Gasteiger partial charge < -0.3 is 4.57 Å². The summed E-state index contributed by atoms with van der Waals surface area (Å²) in [6.45, 7) is 6.78. The van der Waals surface area contributed by atoms with Crippen molar-refractivity contribution in [1.29, 1.82) is 0 Å². The number of hydrogen-bond donors (Lipinski definition) is 0. The van der Waals surface area contributed by atoms with Crippen molar-refractivity contribution in [2.24, 2.45) is 5.92 Å². The van der Waals surface area contributed by atoms with Gasteiger partial charge in [-0.1, -0.05) is 0 Å². The van der Waals surface area contributed by atoms with Gasteiger partial charge in [-0.2, -0.15) is 11.3 Å². The Labute approximate surface area is 118 Å². The SMILES string of the molecule is Cc1nccn1CC1CCCN(Cc2ccsc2)C1. The van der Waals surface area contributed by atoms with E-state index in [1.165, 1.54) is 31.5 Å². The molecule has 3 heterocycles. The minimum absolute atomic E-state index is 0.764. The van der Waals surface area contributed by atoms with Gasteiger partial charge >= 0.3 is 0 Å². The molecule has 1 saturated heterocycles. The van der Waals surface area contributed by atoms with Crippen molar-refractivity contribution in [3.8, 4) is 0 Å². The number of likely N-dealkylation sites (tertiary alicyclic amines) is 1. The lowest BCUT2D eigenvalue weighted by molar-refractivity contribution is 0.155. The van der Waals surface area contributed by atoms with Crippen molar-refractivity contribution in [1.82, 2.24) is 14.5 Å². The maximum absolute atomic E-state index is 4.31. The molecule has 0 radical (unpaired) electrons. The van der Waals surface area contributed by atoms with Crippen LogP contribution in [0.5, 0.6) is 0 Å². The molecule has 0 aliphatic carbocycles. The highest BCUT2D eigenvalue weighted by atomic mass is 32.1. The average molecular weight is 275 g/mol. The topological polar surface area (TPSA) is 21.1 Å². The lowest BCUT2D eigenvalue weighted by Gasteiger charge is -2.32. The van der Waals surface area contributed by atoms with E-state index in [1.54, 1.807) is 11.3 Å². The first-order chi connectivity index (χ1) is 9.31. The Morgan fingerprint density at radius 2 is 2.42 bits per heavy atom. The monoisotopic (exact) mass is 275 g/mol. The molecule has 1 fully saturated rings. The first-order valence-electron chi connectivity index (χ1n) is 7.02. The van der Waals surface area contributed by atoms with Gasteiger partial charge in [0.1, 0.15) is 5.82 Å². The van der Waals surface area contributed by atoms with Gasteiger partial charge in [0.2, 0.25) is 0 Å². The van der Waals surface area contributed by atoms with Crippen molar-refractivity contribution in [3.05, 3.63) is 40.6 Å². The van der Waals surface area contributed by atoms with Gasteiger partial charge in [-0.25, -0.2) is 4.98 Å². The number of piperidine rings is 1. The van der Waals surface area contributed by atoms with Gasteiger partial charge in [0.25, 0.3) is 0 Å². The van der Waals surface area contributed by atoms with Crippen molar-refractivity contribution < 1.29 is 0 Å². The second-order valence-corrected chi connectivity index (χ2v) is 6.28. The molecule has 3 rings (SSSR count). The molecule has 3 nitrogen and oxygen atoms in total. The van der Waals surface area contributed by atoms with Crippen LogP contribution >= 0.6 is 11.3 Å². The summed E-state index contributed by atoms with van der Waals surface area (Å²) in [5.41, 5.74) is 1.46. The van der Waals surface area contributed by atoms with E-state index >= 15 is 0 Å². The molecule has 0 bridgehead atoms. The summed E-state index contributed by atoms with van der Waals surface area (Å²) in [5, 5.41) is 4.44. The predicted octanol–water partition coefficient (Wildman–Crippen LogP) is 3.17. The van der Waals surface area contributed by atoms with Crippen molar-refractivity contribution in [2.75, 3.05) is 13.1 Å². The van der Waals surface area contributed by atoms with Gasteiger partial charge in [-0.3, -0.25) is 4.90 Å². The summed E-state index contributed by atoms with van der Waals surface area (Å²) in [5.74, 6) is 1.90. The fourth-order valence-corrected chi connectivity index (χ4v) is 3.62. The Morgan fingerprint density at radius 3 is 3.16 bits per heavy atom. The molecule has 2 aromatic rings. The van der Waals surface area contributed by atoms with Crippen molar-refractivity contribution in [3.63, 3.8) is 0 Å². The fraction of sp³-hybridized carbons (Fsp3) is 0.533. The van der Waals surface area contributed by atoms with Crippen LogP contribution in [0, 0.1) is 12.8 Å². The van der Waals surface area contributed by atoms with E-state index in [0.29, 0.717) is 0 Å². The third-order valence-corrected chi connectivity index (χ3v) is 4.70. The van der Waals surface area contributed by atoms with Crippen LogP contribution < -0.4 is 0 Å². The molecule has 1 unspecified atom stereocenters. The summed E-state index contributed by atoms with van der Waals surface area (Å²) in [6, 6.07) is 2.24. The highest BCUT2D eigenvalue weighted by molar-refractivity contribution is 7.07. The zero-order chi connectivity index (χ0) is 13.1. The van der Waals surface area contributed by atoms with Gasteiger partial charge in [-0.15, -0.1) is 0 Å². The second-order valence-electron chi connectivity index (χ2n) is 5.50. The molecule has 102 valence electrons. The highest BCUT2D eigenvalue weighted by Crippen LogP contribution is 2.21. The molecular formula is C15H21N3S. The molecule has 1 atom stereocenters. The van der Waals surface area contributed by atoms with Crippen LogP contribution in [0.25, 0.3) is 0 Å². The van der Waals surface area contributed by atoms with Crippen LogP contribution in [-0.2, 0) is 13.1 Å². The van der Waals surface area contributed by atoms with Crippen molar-refractivity contribution >= 4 is 11.3 Å². The smallest absolute Gasteiger partial charge is 0.105 e. The van der Waals surface area contributed by atoms with Crippen LogP contribution in [-0.4, -0.2) is 27.5 Å². The van der Waals surface area contributed by atoms with E-state index in [0.717, 1.165) is 24.8 Å². The molecular weight excluding hydrogens is 254 g/mol. The molecule has 0 aromatic carbocycles. The third-order valence-electron chi connectivity index (χ3n) is 3.97. The number of thiophene rings is 1. The minimum atomic E-state index is 0.764. The number of aryl methyl sites for hydroxylation is 1. The number of aromatic nitrogens is 2. The maximum Gasteiger partial charge on any atom is 0.105 e. The Balaban J connectivity index is 1.57. The molecule has 4 heteroatoms. The molecule has 19 heavy (non-hydrogen) atoms. The van der Waals surface area contributed by atoms with Gasteiger partial charge in [0.05, 0.1) is 0 Å². The Bertz CT molecular complexity index is 503. The summed E-state index contributed by atoms with van der Waals surface area (Å²) < 4.78 is 2.29. The van der Waals surface area contributed by atoms with E-state index < -0.39 is 0 Å². The molecule has 0 amide bonds. The summed E-state index contributed by atoms with van der Waals surface area (Å²) in [7, 11) is 0. The van der Waals surface area contributed by atoms with Crippen LogP contribution in [0.1, 0.15) is 24.2 Å². The maximum atomic E-state index is 4.31. The quantitative estimate of drug-likeness (QED) is 0.854. The van der Waals surface area contributed by atoms with Crippen molar-refractivity contribution in [2.45, 2.75) is 32.9 Å². The summed E-state index contributed by atoms with van der Waals surface area (Å²) in [4.78, 5) is 6.91. The van der Waals surface area contributed by atoms with Crippen LogP contribution in [0.15, 0.2) is 29.2 Å². The first kappa shape index (κ1) is 12.9. The summed E-state index contributed by atoms with van der Waals surface area (Å²) >= 11 is 1.80. The normalized spacial score (nSPS) is 20.8. The predicted molar refractivity (Wildman–Crippen MR) is 79.3 cm³/mol. The fourth-order valence-electron chi connectivity index (χ4n) is 2.96. The van der Waals surface area contributed by atoms with E-state index in [9.17, 15) is 0 Å². The van der Waals surface area contributed by atoms with E-state index in [1.807, 2.05) is 6.20 Å². The zero-order valence-corrected chi connectivity index (χ0v) is 12.3. The lowest BCUT2D eigenvalue weighted by Crippen LogP contribution is -2.36. The van der Waals surface area contributed by atoms with Gasteiger partial charge in [-0.05, 0) is 54.6 Å². The molecule has 1 aliphatic heterocycles. The largest absolute Gasteiger partial charge is 0.335 e. The Kier molecular flexibility index (Phi) is 3.99. The third kappa shape index (κ3) is 3.25. The summed E-state index contributed by atoms with van der Waals surface area (Å²) in [6.07, 6.45) is 6.68. The van der Waals surface area contributed by atoms with E-state index in [-0.39, 0.29) is 0 Å². The average Bonchev–Trinajstić information content (AvgIpc) is 3.03. The molecule has 0 saturated carbocycles. The minimum Gasteiger partial charge on any atom is -0.335 e. The molecule has 0 spiro atoms. The standard InChI is InChI=1S/C15H21N3S/c1-13-16-5-7-18(13)11-14-3-2-6-17(9-14)10-15-4-8-19-12-15/h4-5,7-8,12,14H,2-3,6,9-11H2,1H3. The Morgan fingerprint density at radius 1 is 1.47 bits per heavy atom. The number of hydrogen-bond acceptors (Lipinski definition) is 3. The highest BCUT2D eigenvalue weighted by Gasteiger charge is 2.20. The van der Waals surface area contributed by atoms with Gasteiger partial charge in [0.15, 0.2) is 0 Å². The number of rotatable bonds is 4. The van der Waals surface area contributed by atoms with Gasteiger partial charge in [0, 0.05) is 32.0 Å². The van der Waals surface area contributed by atoms with E-state index in [2.05, 4.69) is 44.4 Å². The first-order valence-corrected chi connectivity index (χ1v) is 7.97. The molecule has 0 N–H and O–H groups in total. The van der Waals surface area contributed by atoms with E-state index in [4.69, 9.17) is 0 Å². The van der Waals surface area contributed by atoms with Crippen LogP contribution in [0.4, 0.5) is 0 Å². The number of imidazole rings is 1. The Hall–Kier alpha value is -1.13. The lowest BCUT2D eigenvalue weighted by atomic mass is 9.97.